The molecule has 4 heteroatoms. The molecule has 0 saturated carbocycles. The molecule has 0 saturated heterocycles. The topological polar surface area (TPSA) is 63.6 Å². The number of phenols is 1. The molecule has 0 unspecified atom stereocenters. The van der Waals surface area contributed by atoms with Crippen LogP contribution in [0.4, 0.5) is 0 Å². The van der Waals surface area contributed by atoms with E-state index < -0.39 is 0 Å². The van der Waals surface area contributed by atoms with E-state index in [0.717, 1.165) is 11.1 Å². The first-order valence-electron chi connectivity index (χ1n) is 7.74. The van der Waals surface area contributed by atoms with Crippen LogP contribution in [-0.4, -0.2) is 23.3 Å². The molecule has 1 aliphatic heterocycles. The van der Waals surface area contributed by atoms with Crippen LogP contribution in [0.1, 0.15) is 48.7 Å². The summed E-state index contributed by atoms with van der Waals surface area (Å²) >= 11 is 0. The Labute approximate surface area is 136 Å². The van der Waals surface area contributed by atoms with E-state index in [1.165, 1.54) is 13.0 Å². The summed E-state index contributed by atoms with van der Waals surface area (Å²) in [6, 6.07) is 1.80. The van der Waals surface area contributed by atoms with E-state index in [1.807, 2.05) is 19.9 Å². The van der Waals surface area contributed by atoms with Crippen LogP contribution in [0.15, 0.2) is 29.9 Å². The van der Waals surface area contributed by atoms with Gasteiger partial charge < -0.3 is 9.84 Å². The van der Waals surface area contributed by atoms with E-state index in [-0.39, 0.29) is 17.6 Å². The number of aromatic hydroxyl groups is 1. The number of ether oxygens (including phenoxy) is 1. The third-order valence-electron chi connectivity index (χ3n) is 3.84. The second-order valence-electron chi connectivity index (χ2n) is 6.04. The van der Waals surface area contributed by atoms with Crippen molar-refractivity contribution in [3.8, 4) is 11.5 Å². The van der Waals surface area contributed by atoms with Crippen molar-refractivity contribution in [3.63, 3.8) is 0 Å². The normalized spacial score (nSPS) is 16.6. The van der Waals surface area contributed by atoms with Crippen molar-refractivity contribution in [2.75, 3.05) is 0 Å². The molecule has 0 spiro atoms. The summed E-state index contributed by atoms with van der Waals surface area (Å²) in [5.74, 6) is 0.631. The van der Waals surface area contributed by atoms with E-state index in [0.29, 0.717) is 42.4 Å². The van der Waals surface area contributed by atoms with Crippen LogP contribution in [0.2, 0.25) is 0 Å². The fourth-order valence-electron chi connectivity index (χ4n) is 2.61. The summed E-state index contributed by atoms with van der Waals surface area (Å²) < 4.78 is 5.90. The highest BCUT2D eigenvalue weighted by Gasteiger charge is 2.24. The third-order valence-corrected chi connectivity index (χ3v) is 3.84. The van der Waals surface area contributed by atoms with Gasteiger partial charge in [-0.3, -0.25) is 9.59 Å². The number of phenolic OH excluding ortho intramolecular Hbond substituents is 1. The molecule has 1 N–H and O–H groups in total. The number of benzene rings is 1. The summed E-state index contributed by atoms with van der Waals surface area (Å²) in [5, 5.41) is 10.3. The number of fused-ring (bicyclic) bond motifs is 1. The summed E-state index contributed by atoms with van der Waals surface area (Å²) in [6.07, 6.45) is 7.58. The second-order valence-corrected chi connectivity index (χ2v) is 6.04. The molecule has 0 amide bonds. The maximum atomic E-state index is 11.4. The van der Waals surface area contributed by atoms with Gasteiger partial charge in [-0.25, -0.2) is 0 Å². The van der Waals surface area contributed by atoms with Gasteiger partial charge in [0.1, 0.15) is 17.6 Å². The monoisotopic (exact) mass is 314 g/mol. The van der Waals surface area contributed by atoms with Crippen molar-refractivity contribution in [2.24, 2.45) is 0 Å². The van der Waals surface area contributed by atoms with Gasteiger partial charge in [-0.2, -0.15) is 0 Å². The Morgan fingerprint density at radius 1 is 1.39 bits per heavy atom. The maximum absolute atomic E-state index is 11.4. The van der Waals surface area contributed by atoms with E-state index in [9.17, 15) is 14.7 Å². The Balaban J connectivity index is 2.37. The van der Waals surface area contributed by atoms with Gasteiger partial charge in [0.25, 0.3) is 0 Å². The number of hydrogen-bond donors (Lipinski definition) is 1. The Hall–Kier alpha value is -2.36. The molecule has 1 aromatic rings. The molecule has 0 aromatic heterocycles. The molecular weight excluding hydrogens is 292 g/mol. The minimum absolute atomic E-state index is 0.0251. The smallest absolute Gasteiger partial charge is 0.154 e. The number of carbonyl (C=O) groups is 2. The lowest BCUT2D eigenvalue weighted by Crippen LogP contribution is -2.22. The molecule has 2 rings (SSSR count). The van der Waals surface area contributed by atoms with Crippen molar-refractivity contribution in [1.82, 2.24) is 0 Å². The minimum atomic E-state index is -0.188. The second kappa shape index (κ2) is 7.27. The zero-order chi connectivity index (χ0) is 17.0. The van der Waals surface area contributed by atoms with E-state index in [4.69, 9.17) is 4.74 Å². The Morgan fingerprint density at radius 3 is 2.74 bits per heavy atom. The lowest BCUT2D eigenvalue weighted by molar-refractivity contribution is -0.112. The number of allylic oxidation sites excluding steroid dienone is 3. The largest absolute Gasteiger partial charge is 0.507 e. The minimum Gasteiger partial charge on any atom is -0.507 e. The van der Waals surface area contributed by atoms with Crippen LogP contribution in [0.5, 0.6) is 11.5 Å². The molecule has 1 aromatic carbocycles. The summed E-state index contributed by atoms with van der Waals surface area (Å²) in [4.78, 5) is 22.4. The molecule has 0 radical (unpaired) electrons. The highest BCUT2D eigenvalue weighted by molar-refractivity contribution is 5.87. The van der Waals surface area contributed by atoms with E-state index in [2.05, 4.69) is 0 Å². The van der Waals surface area contributed by atoms with Gasteiger partial charge in [-0.15, -0.1) is 0 Å². The number of carbonyl (C=O) groups excluding carboxylic acids is 2. The lowest BCUT2D eigenvalue weighted by Gasteiger charge is -2.26. The standard InChI is InChI=1S/C19H22O4/c1-12(2)4-6-14-10-18-16(17(11-20)19(14)22)9-8-15(23-18)7-5-13(3)21/h4-5,7,10-11,15,22H,6,8-9H2,1-3H3/b7-5+/t15-/m1/s1. The van der Waals surface area contributed by atoms with Crippen LogP contribution in [0.25, 0.3) is 0 Å². The van der Waals surface area contributed by atoms with Gasteiger partial charge >= 0.3 is 0 Å². The maximum Gasteiger partial charge on any atom is 0.154 e. The third kappa shape index (κ3) is 4.09. The van der Waals surface area contributed by atoms with Gasteiger partial charge in [0.05, 0.1) is 5.56 Å². The Morgan fingerprint density at radius 2 is 2.13 bits per heavy atom. The molecule has 0 fully saturated rings. The summed E-state index contributed by atoms with van der Waals surface area (Å²) in [6.45, 7) is 5.46. The fourth-order valence-corrected chi connectivity index (χ4v) is 2.61. The summed E-state index contributed by atoms with van der Waals surface area (Å²) in [5.41, 5.74) is 2.86. The van der Waals surface area contributed by atoms with Crippen LogP contribution in [0.3, 0.4) is 0 Å². The molecule has 0 bridgehead atoms. The van der Waals surface area contributed by atoms with E-state index in [1.54, 1.807) is 12.1 Å². The fraction of sp³-hybridized carbons (Fsp3) is 0.368. The lowest BCUT2D eigenvalue weighted by atomic mass is 9.93. The van der Waals surface area contributed by atoms with Crippen LogP contribution < -0.4 is 4.74 Å². The van der Waals surface area contributed by atoms with Gasteiger partial charge in [-0.1, -0.05) is 11.6 Å². The molecule has 0 aliphatic carbocycles. The van der Waals surface area contributed by atoms with Crippen molar-refractivity contribution in [3.05, 3.63) is 46.6 Å². The molecule has 1 atom stereocenters. The van der Waals surface area contributed by atoms with Crippen LogP contribution in [-0.2, 0) is 17.6 Å². The highest BCUT2D eigenvalue weighted by Crippen LogP contribution is 2.37. The quantitative estimate of drug-likeness (QED) is 0.513. The first-order chi connectivity index (χ1) is 10.9. The van der Waals surface area contributed by atoms with Crippen LogP contribution in [0, 0.1) is 0 Å². The predicted octanol–water partition coefficient (Wildman–Crippen LogP) is 3.55. The highest BCUT2D eigenvalue weighted by atomic mass is 16.5. The summed E-state index contributed by atoms with van der Waals surface area (Å²) in [7, 11) is 0. The first kappa shape index (κ1) is 17.0. The SMILES string of the molecule is CC(=O)/C=C/[C@@H]1CCc2c(cc(CC=C(C)C)c(O)c2C=O)O1. The average Bonchev–Trinajstić information content (AvgIpc) is 2.50. The Kier molecular flexibility index (Phi) is 5.37. The van der Waals surface area contributed by atoms with Crippen molar-refractivity contribution in [2.45, 2.75) is 46.1 Å². The van der Waals surface area contributed by atoms with Gasteiger partial charge in [0.2, 0.25) is 0 Å². The average molecular weight is 314 g/mol. The predicted molar refractivity (Wildman–Crippen MR) is 89.2 cm³/mol. The number of hydrogen-bond acceptors (Lipinski definition) is 4. The molecule has 1 heterocycles. The number of aldehydes is 1. The number of rotatable bonds is 5. The van der Waals surface area contributed by atoms with E-state index >= 15 is 0 Å². The molecule has 4 nitrogen and oxygen atoms in total. The Bertz CT molecular complexity index is 679. The van der Waals surface area contributed by atoms with Crippen LogP contribution >= 0.6 is 0 Å². The van der Waals surface area contributed by atoms with Crippen molar-refractivity contribution < 1.29 is 19.4 Å². The zero-order valence-electron chi connectivity index (χ0n) is 13.8. The molecular formula is C19H22O4. The van der Waals surface area contributed by atoms with Gasteiger partial charge in [-0.05, 0) is 58.3 Å². The molecule has 23 heavy (non-hydrogen) atoms. The van der Waals surface area contributed by atoms with Crippen molar-refractivity contribution >= 4 is 12.1 Å². The zero-order valence-corrected chi connectivity index (χ0v) is 13.8. The van der Waals surface area contributed by atoms with Gasteiger partial charge in [0, 0.05) is 11.1 Å². The number of ketones is 1. The van der Waals surface area contributed by atoms with Gasteiger partial charge in [0.15, 0.2) is 12.1 Å². The van der Waals surface area contributed by atoms with Crippen molar-refractivity contribution in [1.29, 1.82) is 0 Å². The molecule has 122 valence electrons. The molecule has 1 aliphatic rings. The first-order valence-corrected chi connectivity index (χ1v) is 7.74.